The molecule has 2 aromatic carbocycles. The van der Waals surface area contributed by atoms with Crippen LogP contribution in [0.1, 0.15) is 48.8 Å². The van der Waals surface area contributed by atoms with Crippen LogP contribution in [0.3, 0.4) is 0 Å². The Bertz CT molecular complexity index is 970. The van der Waals surface area contributed by atoms with Gasteiger partial charge in [-0.25, -0.2) is 0 Å². The van der Waals surface area contributed by atoms with E-state index in [0.717, 1.165) is 42.2 Å². The normalized spacial score (nSPS) is 18.2. The average molecular weight is 439 g/mol. The molecule has 1 fully saturated rings. The number of fused-ring (bicyclic) bond motifs is 1. The summed E-state index contributed by atoms with van der Waals surface area (Å²) in [7, 11) is 0. The van der Waals surface area contributed by atoms with E-state index >= 15 is 0 Å². The maximum atomic E-state index is 13.7. The second-order valence-electron chi connectivity index (χ2n) is 8.62. The van der Waals surface area contributed by atoms with Gasteiger partial charge in [0, 0.05) is 18.1 Å². The summed E-state index contributed by atoms with van der Waals surface area (Å²) in [5.41, 5.74) is 1.96. The SMILES string of the molecule is O=CC(Cc1ccccc1)NC(=O)C1(C(=O)N2Cc3ccc(Cl)cc3C2)CCCCC1. The third-order valence-corrected chi connectivity index (χ3v) is 6.74. The number of nitrogens with zero attached hydrogens (tertiary/aromatic N) is 1. The number of hydrogen-bond acceptors (Lipinski definition) is 3. The first-order chi connectivity index (χ1) is 15.0. The predicted molar refractivity (Wildman–Crippen MR) is 119 cm³/mol. The van der Waals surface area contributed by atoms with Crippen LogP contribution in [0.2, 0.25) is 5.02 Å². The third-order valence-electron chi connectivity index (χ3n) is 6.51. The number of carbonyl (C=O) groups is 3. The van der Waals surface area contributed by atoms with E-state index in [-0.39, 0.29) is 11.8 Å². The zero-order valence-electron chi connectivity index (χ0n) is 17.5. The Balaban J connectivity index is 1.52. The van der Waals surface area contributed by atoms with Gasteiger partial charge in [0.25, 0.3) is 0 Å². The number of benzene rings is 2. The van der Waals surface area contributed by atoms with Crippen molar-refractivity contribution in [3.63, 3.8) is 0 Å². The summed E-state index contributed by atoms with van der Waals surface area (Å²) < 4.78 is 0. The van der Waals surface area contributed by atoms with Crippen molar-refractivity contribution in [2.75, 3.05) is 0 Å². The van der Waals surface area contributed by atoms with Gasteiger partial charge in [0.15, 0.2) is 0 Å². The highest BCUT2D eigenvalue weighted by atomic mass is 35.5. The molecule has 1 aliphatic carbocycles. The molecule has 2 aliphatic rings. The van der Waals surface area contributed by atoms with Crippen LogP contribution in [0.5, 0.6) is 0 Å². The minimum Gasteiger partial charge on any atom is -0.345 e. The van der Waals surface area contributed by atoms with Crippen LogP contribution in [-0.4, -0.2) is 29.0 Å². The fraction of sp³-hybridized carbons (Fsp3) is 0.400. The van der Waals surface area contributed by atoms with E-state index in [4.69, 9.17) is 11.6 Å². The highest BCUT2D eigenvalue weighted by Crippen LogP contribution is 2.40. The summed E-state index contributed by atoms with van der Waals surface area (Å²) in [6.45, 7) is 0.951. The molecule has 0 bridgehead atoms. The lowest BCUT2D eigenvalue weighted by Crippen LogP contribution is -2.55. The molecule has 1 atom stereocenters. The number of carbonyl (C=O) groups excluding carboxylic acids is 3. The van der Waals surface area contributed by atoms with Crippen LogP contribution in [0.25, 0.3) is 0 Å². The molecule has 2 amide bonds. The van der Waals surface area contributed by atoms with Gasteiger partial charge in [-0.3, -0.25) is 9.59 Å². The van der Waals surface area contributed by atoms with Crippen molar-refractivity contribution >= 4 is 29.7 Å². The van der Waals surface area contributed by atoms with E-state index < -0.39 is 11.5 Å². The largest absolute Gasteiger partial charge is 0.345 e. The maximum absolute atomic E-state index is 13.7. The summed E-state index contributed by atoms with van der Waals surface area (Å²) in [5, 5.41) is 3.53. The predicted octanol–water partition coefficient (Wildman–Crippen LogP) is 4.06. The number of rotatable bonds is 6. The van der Waals surface area contributed by atoms with Crippen molar-refractivity contribution < 1.29 is 14.4 Å². The molecular formula is C25H27ClN2O3. The van der Waals surface area contributed by atoms with Crippen LogP contribution < -0.4 is 5.32 Å². The van der Waals surface area contributed by atoms with Crippen molar-refractivity contribution in [2.24, 2.45) is 5.41 Å². The third kappa shape index (κ3) is 4.52. The van der Waals surface area contributed by atoms with E-state index in [1.54, 1.807) is 4.90 Å². The van der Waals surface area contributed by atoms with Crippen molar-refractivity contribution in [1.29, 1.82) is 0 Å². The number of halogens is 1. The Hall–Kier alpha value is -2.66. The van der Waals surface area contributed by atoms with Crippen LogP contribution in [0.15, 0.2) is 48.5 Å². The highest BCUT2D eigenvalue weighted by Gasteiger charge is 2.49. The zero-order valence-corrected chi connectivity index (χ0v) is 18.2. The van der Waals surface area contributed by atoms with E-state index in [9.17, 15) is 14.4 Å². The fourth-order valence-corrected chi connectivity index (χ4v) is 5.01. The van der Waals surface area contributed by atoms with Crippen LogP contribution >= 0.6 is 11.6 Å². The Morgan fingerprint density at radius 3 is 2.45 bits per heavy atom. The molecule has 31 heavy (non-hydrogen) atoms. The van der Waals surface area contributed by atoms with Crippen LogP contribution in [0, 0.1) is 5.41 Å². The Morgan fingerprint density at radius 1 is 1.03 bits per heavy atom. The number of aldehydes is 1. The number of hydrogen-bond donors (Lipinski definition) is 1. The van der Waals surface area contributed by atoms with Gasteiger partial charge < -0.3 is 15.0 Å². The topological polar surface area (TPSA) is 66.5 Å². The lowest BCUT2D eigenvalue weighted by Gasteiger charge is -2.38. The molecule has 0 radical (unpaired) electrons. The smallest absolute Gasteiger partial charge is 0.238 e. The molecule has 1 unspecified atom stereocenters. The summed E-state index contributed by atoms with van der Waals surface area (Å²) in [6, 6.07) is 14.6. The first-order valence-electron chi connectivity index (χ1n) is 10.9. The van der Waals surface area contributed by atoms with Crippen molar-refractivity contribution in [3.8, 4) is 0 Å². The van der Waals surface area contributed by atoms with Gasteiger partial charge in [0.2, 0.25) is 11.8 Å². The minimum absolute atomic E-state index is 0.138. The molecule has 1 saturated carbocycles. The summed E-state index contributed by atoms with van der Waals surface area (Å²) in [4.78, 5) is 40.6. The Kier molecular flexibility index (Phi) is 6.42. The van der Waals surface area contributed by atoms with Crippen LogP contribution in [0.4, 0.5) is 0 Å². The molecule has 0 aromatic heterocycles. The first-order valence-corrected chi connectivity index (χ1v) is 11.3. The number of nitrogens with one attached hydrogen (secondary N) is 1. The fourth-order valence-electron chi connectivity index (χ4n) is 4.81. The van der Waals surface area contributed by atoms with Gasteiger partial charge in [-0.15, -0.1) is 0 Å². The van der Waals surface area contributed by atoms with E-state index in [2.05, 4.69) is 5.32 Å². The quantitative estimate of drug-likeness (QED) is 0.546. The average Bonchev–Trinajstić information content (AvgIpc) is 3.22. The first kappa shape index (κ1) is 21.6. The molecule has 1 N–H and O–H groups in total. The molecule has 0 saturated heterocycles. The Labute approximate surface area is 187 Å². The maximum Gasteiger partial charge on any atom is 0.238 e. The molecule has 1 aliphatic heterocycles. The molecule has 1 heterocycles. The molecule has 5 nitrogen and oxygen atoms in total. The van der Waals surface area contributed by atoms with E-state index in [0.29, 0.717) is 37.4 Å². The van der Waals surface area contributed by atoms with Gasteiger partial charge in [-0.1, -0.05) is 67.3 Å². The van der Waals surface area contributed by atoms with Crippen molar-refractivity contribution in [2.45, 2.75) is 57.7 Å². The van der Waals surface area contributed by atoms with Crippen LogP contribution in [-0.2, 0) is 33.9 Å². The number of amides is 2. The molecule has 6 heteroatoms. The highest BCUT2D eigenvalue weighted by molar-refractivity contribution is 6.30. The molecular weight excluding hydrogens is 412 g/mol. The van der Waals surface area contributed by atoms with E-state index in [1.807, 2.05) is 48.5 Å². The zero-order chi connectivity index (χ0) is 21.8. The van der Waals surface area contributed by atoms with Gasteiger partial charge in [0.1, 0.15) is 11.7 Å². The standard InChI is InChI=1S/C25H27ClN2O3/c26-21-10-9-19-15-28(16-20(19)14-21)24(31)25(11-5-2-6-12-25)23(30)27-22(17-29)13-18-7-3-1-4-8-18/h1,3-4,7-10,14,17,22H,2,5-6,11-13,15-16H2,(H,27,30). The summed E-state index contributed by atoms with van der Waals surface area (Å²) in [6.07, 6.45) is 4.88. The summed E-state index contributed by atoms with van der Waals surface area (Å²) >= 11 is 6.12. The van der Waals surface area contributed by atoms with Gasteiger partial charge in [-0.05, 0) is 48.1 Å². The molecule has 4 rings (SSSR count). The molecule has 0 spiro atoms. The lowest BCUT2D eigenvalue weighted by molar-refractivity contribution is -0.154. The Morgan fingerprint density at radius 2 is 1.74 bits per heavy atom. The van der Waals surface area contributed by atoms with Crippen molar-refractivity contribution in [3.05, 3.63) is 70.2 Å². The summed E-state index contributed by atoms with van der Waals surface area (Å²) in [5.74, 6) is -0.458. The van der Waals surface area contributed by atoms with Gasteiger partial charge >= 0.3 is 0 Å². The molecule has 2 aromatic rings. The van der Waals surface area contributed by atoms with Gasteiger partial charge in [-0.2, -0.15) is 0 Å². The van der Waals surface area contributed by atoms with Gasteiger partial charge in [0.05, 0.1) is 6.04 Å². The van der Waals surface area contributed by atoms with Crippen molar-refractivity contribution in [1.82, 2.24) is 10.2 Å². The minimum atomic E-state index is -1.11. The van der Waals surface area contributed by atoms with E-state index in [1.165, 1.54) is 0 Å². The molecule has 162 valence electrons. The lowest BCUT2D eigenvalue weighted by atomic mass is 9.72. The second-order valence-corrected chi connectivity index (χ2v) is 9.06. The monoisotopic (exact) mass is 438 g/mol. The second kappa shape index (κ2) is 9.23.